The fourth-order valence-electron chi connectivity index (χ4n) is 3.44. The number of rotatable bonds is 6. The Bertz CT molecular complexity index is 854. The van der Waals surface area contributed by atoms with E-state index in [1.165, 1.54) is 17.1 Å². The molecule has 2 aliphatic rings. The summed E-state index contributed by atoms with van der Waals surface area (Å²) in [6, 6.07) is 2.16. The Hall–Kier alpha value is -2.77. The molecule has 0 bridgehead atoms. The fraction of sp³-hybridized carbons (Fsp3) is 0.526. The van der Waals surface area contributed by atoms with Crippen molar-refractivity contribution in [2.45, 2.75) is 12.5 Å². The second-order valence-electron chi connectivity index (χ2n) is 7.10. The molecule has 2 amide bonds. The van der Waals surface area contributed by atoms with Gasteiger partial charge in [-0.15, -0.1) is 0 Å². The lowest BCUT2D eigenvalue weighted by molar-refractivity contribution is -0.181. The number of hydrogen-bond donors (Lipinski definition) is 2. The fourth-order valence-corrected chi connectivity index (χ4v) is 3.52. The highest BCUT2D eigenvalue weighted by Gasteiger charge is 2.34. The Morgan fingerprint density at radius 1 is 1.31 bits per heavy atom. The number of nitrogens with one attached hydrogen (secondary N) is 1. The Morgan fingerprint density at radius 2 is 2.03 bits per heavy atom. The number of ether oxygens (including phenoxy) is 2. The molecule has 3 N–H and O–H groups in total. The molecule has 0 aromatic heterocycles. The van der Waals surface area contributed by atoms with E-state index in [0.29, 0.717) is 0 Å². The van der Waals surface area contributed by atoms with Crippen LogP contribution in [0.3, 0.4) is 0 Å². The number of carbonyl (C=O) groups excluding carboxylic acids is 2. The summed E-state index contributed by atoms with van der Waals surface area (Å²) in [6.07, 6.45) is -1.16. The largest absolute Gasteiger partial charge is 0.474 e. The third-order valence-electron chi connectivity index (χ3n) is 4.98. The van der Waals surface area contributed by atoms with E-state index < -0.39 is 23.8 Å². The van der Waals surface area contributed by atoms with Gasteiger partial charge >= 0.3 is 6.09 Å². The predicted molar refractivity (Wildman–Crippen MR) is 115 cm³/mol. The Kier molecular flexibility index (Phi) is 7.99. The van der Waals surface area contributed by atoms with Gasteiger partial charge in [0.05, 0.1) is 39.0 Å². The number of nitrogens with zero attached hydrogens (tertiary/aromatic N) is 3. The van der Waals surface area contributed by atoms with Crippen LogP contribution < -0.4 is 20.9 Å². The van der Waals surface area contributed by atoms with Crippen LogP contribution in [0.25, 0.3) is 0 Å². The lowest BCUT2D eigenvalue weighted by Gasteiger charge is -2.24. The zero-order valence-corrected chi connectivity index (χ0v) is 18.3. The maximum Gasteiger partial charge on any atom is 0.414 e. The molecule has 13 heteroatoms. The first kappa shape index (κ1) is 23.9. The monoisotopic (exact) mass is 473 g/mol. The normalized spacial score (nSPS) is 18.9. The summed E-state index contributed by atoms with van der Waals surface area (Å²) < 4.78 is 39.9. The minimum absolute atomic E-state index is 0.0383. The van der Waals surface area contributed by atoms with Crippen LogP contribution in [0.5, 0.6) is 0 Å². The molecule has 0 saturated carbocycles. The molecule has 0 aliphatic carbocycles. The van der Waals surface area contributed by atoms with Gasteiger partial charge in [-0.05, 0) is 12.2 Å². The second kappa shape index (κ2) is 10.7. The van der Waals surface area contributed by atoms with Crippen molar-refractivity contribution in [1.29, 1.82) is 0 Å². The Balaban J connectivity index is 1.69. The van der Waals surface area contributed by atoms with Gasteiger partial charge in [-0.1, -0.05) is 0 Å². The van der Waals surface area contributed by atoms with Gasteiger partial charge in [0, 0.05) is 38.2 Å². The van der Waals surface area contributed by atoms with Crippen molar-refractivity contribution >= 4 is 40.8 Å². The minimum atomic E-state index is -0.836. The quantitative estimate of drug-likeness (QED) is 0.578. The zero-order valence-electron chi connectivity index (χ0n) is 17.5. The van der Waals surface area contributed by atoms with Crippen molar-refractivity contribution in [3.8, 4) is 0 Å². The van der Waals surface area contributed by atoms with Crippen molar-refractivity contribution in [2.24, 2.45) is 5.73 Å². The summed E-state index contributed by atoms with van der Waals surface area (Å²) in [6.45, 7) is 1.03. The minimum Gasteiger partial charge on any atom is -0.474 e. The lowest BCUT2D eigenvalue weighted by atomic mass is 10.2. The molecule has 0 radical (unpaired) electrons. The molecule has 2 saturated heterocycles. The van der Waals surface area contributed by atoms with Crippen LogP contribution >= 0.6 is 12.2 Å². The van der Waals surface area contributed by atoms with Gasteiger partial charge in [0.25, 0.3) is 5.17 Å². The molecule has 3 rings (SSSR count). The van der Waals surface area contributed by atoms with Gasteiger partial charge in [-0.3, -0.25) is 14.5 Å². The van der Waals surface area contributed by atoms with Gasteiger partial charge in [0.15, 0.2) is 11.6 Å². The molecule has 0 unspecified atom stereocenters. The summed E-state index contributed by atoms with van der Waals surface area (Å²) >= 11 is 4.87. The summed E-state index contributed by atoms with van der Waals surface area (Å²) in [5, 5.41) is 4.08. The van der Waals surface area contributed by atoms with E-state index in [2.05, 4.69) is 5.32 Å². The third-order valence-corrected chi connectivity index (χ3v) is 5.29. The zero-order chi connectivity index (χ0) is 23.3. The van der Waals surface area contributed by atoms with Gasteiger partial charge in [0.2, 0.25) is 5.91 Å². The Labute approximate surface area is 189 Å². The van der Waals surface area contributed by atoms with E-state index in [1.54, 1.807) is 0 Å². The number of thiocarbonyl (C=S) groups is 1. The number of benzene rings is 1. The lowest BCUT2D eigenvalue weighted by Crippen LogP contribution is -2.35. The molecule has 2 heterocycles. The molecule has 10 nitrogen and oxygen atoms in total. The topological polar surface area (TPSA) is 110 Å². The van der Waals surface area contributed by atoms with Crippen molar-refractivity contribution in [3.63, 3.8) is 0 Å². The summed E-state index contributed by atoms with van der Waals surface area (Å²) in [5.41, 5.74) is 5.18. The smallest absolute Gasteiger partial charge is 0.414 e. The Morgan fingerprint density at radius 3 is 2.69 bits per heavy atom. The average molecular weight is 474 g/mol. The van der Waals surface area contributed by atoms with E-state index in [-0.39, 0.29) is 74.8 Å². The van der Waals surface area contributed by atoms with Crippen LogP contribution in [0.15, 0.2) is 12.1 Å². The molecule has 2 fully saturated rings. The molecule has 1 atom stereocenters. The molecule has 176 valence electrons. The van der Waals surface area contributed by atoms with Crippen LogP contribution in [-0.2, 0) is 19.1 Å². The highest BCUT2D eigenvalue weighted by Crippen LogP contribution is 2.31. The van der Waals surface area contributed by atoms with Crippen LogP contribution in [0.4, 0.5) is 25.0 Å². The standard InChI is InChI=1S/C19H25F2N5O5S/c1-29-18(32)23-10-13-11-25(19(28)31-13)12-8-14(20)17(15(21)9-12)24-4-5-26(30-7-6-24)16(27)2-3-22/h8-9,13H,2-7,10-11,22H2,1H3,(H,23,32)/t13-/m0/s1. The predicted octanol–water partition coefficient (Wildman–Crippen LogP) is 0.740. The number of carbonyl (C=O) groups is 2. The maximum atomic E-state index is 14.9. The molecule has 1 aromatic carbocycles. The maximum absolute atomic E-state index is 14.9. The van der Waals surface area contributed by atoms with Crippen LogP contribution in [0.2, 0.25) is 0 Å². The van der Waals surface area contributed by atoms with E-state index in [0.717, 1.165) is 17.0 Å². The number of anilines is 2. The van der Waals surface area contributed by atoms with Crippen molar-refractivity contribution in [3.05, 3.63) is 23.8 Å². The van der Waals surface area contributed by atoms with E-state index >= 15 is 0 Å². The number of nitrogens with two attached hydrogens (primary N) is 1. The number of methoxy groups -OCH3 is 1. The van der Waals surface area contributed by atoms with Crippen LogP contribution in [-0.4, -0.2) is 81.3 Å². The molecule has 32 heavy (non-hydrogen) atoms. The van der Waals surface area contributed by atoms with Crippen LogP contribution in [0.1, 0.15) is 6.42 Å². The first-order chi connectivity index (χ1) is 15.3. The van der Waals surface area contributed by atoms with Gasteiger partial charge in [0.1, 0.15) is 11.8 Å². The summed E-state index contributed by atoms with van der Waals surface area (Å²) in [4.78, 5) is 32.2. The first-order valence-corrected chi connectivity index (χ1v) is 10.4. The first-order valence-electron chi connectivity index (χ1n) is 10.0. The average Bonchev–Trinajstić information content (AvgIpc) is 2.96. The highest BCUT2D eigenvalue weighted by atomic mass is 32.1. The van der Waals surface area contributed by atoms with Gasteiger partial charge in [-0.25, -0.2) is 18.6 Å². The summed E-state index contributed by atoms with van der Waals surface area (Å²) in [5.74, 6) is -1.96. The van der Waals surface area contributed by atoms with Crippen molar-refractivity contribution < 1.29 is 32.7 Å². The molecule has 1 aromatic rings. The third kappa shape index (κ3) is 5.53. The summed E-state index contributed by atoms with van der Waals surface area (Å²) in [7, 11) is 1.40. The van der Waals surface area contributed by atoms with Crippen molar-refractivity contribution in [1.82, 2.24) is 10.4 Å². The van der Waals surface area contributed by atoms with Gasteiger partial charge in [-0.2, -0.15) is 0 Å². The number of cyclic esters (lactones) is 1. The SMILES string of the molecule is COC(=S)NC[C@H]1CN(c2cc(F)c(N3CCON(C(=O)CCN)CC3)c(F)c2)C(=O)O1. The number of hydrogen-bond acceptors (Lipinski definition) is 8. The van der Waals surface area contributed by atoms with Crippen LogP contribution in [0, 0.1) is 11.6 Å². The van der Waals surface area contributed by atoms with Crippen molar-refractivity contribution in [2.75, 3.05) is 62.8 Å². The number of halogens is 2. The second-order valence-corrected chi connectivity index (χ2v) is 7.47. The van der Waals surface area contributed by atoms with E-state index in [4.69, 9.17) is 32.3 Å². The highest BCUT2D eigenvalue weighted by molar-refractivity contribution is 7.80. The molecular formula is C19H25F2N5O5S. The molecule has 0 spiro atoms. The number of amides is 2. The molecular weight excluding hydrogens is 448 g/mol. The van der Waals surface area contributed by atoms with Gasteiger partial charge < -0.3 is 25.4 Å². The molecule has 2 aliphatic heterocycles. The van der Waals surface area contributed by atoms with E-state index in [1.807, 2.05) is 0 Å². The number of hydroxylamine groups is 2. The van der Waals surface area contributed by atoms with E-state index in [9.17, 15) is 18.4 Å².